The maximum atomic E-state index is 14.3. The van der Waals surface area contributed by atoms with Gasteiger partial charge >= 0.3 is 6.09 Å². The lowest BCUT2D eigenvalue weighted by Crippen LogP contribution is -2.40. The maximum absolute atomic E-state index is 14.3. The number of aromatic nitrogens is 1. The van der Waals surface area contributed by atoms with Crippen LogP contribution in [0.5, 0.6) is 0 Å². The molecule has 1 saturated heterocycles. The maximum Gasteiger partial charge on any atom is 0.410 e. The van der Waals surface area contributed by atoms with E-state index in [-0.39, 0.29) is 22.8 Å². The van der Waals surface area contributed by atoms with E-state index in [0.29, 0.717) is 35.9 Å². The van der Waals surface area contributed by atoms with Crippen LogP contribution in [-0.2, 0) is 21.2 Å². The van der Waals surface area contributed by atoms with Crippen molar-refractivity contribution < 1.29 is 22.7 Å². The van der Waals surface area contributed by atoms with E-state index >= 15 is 0 Å². The molecule has 10 heteroatoms. The Balaban J connectivity index is 0.00000207. The normalized spacial score (nSPS) is 16.6. The molecule has 0 aliphatic carbocycles. The predicted molar refractivity (Wildman–Crippen MR) is 160 cm³/mol. The summed E-state index contributed by atoms with van der Waals surface area (Å²) in [5.41, 5.74) is 0.181. The number of hydrogen-bond donors (Lipinski definition) is 0. The van der Waals surface area contributed by atoms with Crippen molar-refractivity contribution in [3.8, 4) is 6.07 Å². The van der Waals surface area contributed by atoms with Crippen molar-refractivity contribution in [2.75, 3.05) is 13.1 Å². The molecule has 1 aliphatic heterocycles. The van der Waals surface area contributed by atoms with Crippen LogP contribution in [0.4, 0.5) is 4.79 Å². The minimum Gasteiger partial charge on any atom is -0.512 e. The summed E-state index contributed by atoms with van der Waals surface area (Å²) < 4.78 is 33.5. The second kappa shape index (κ2) is 12.1. The molecule has 4 aromatic rings. The fourth-order valence-electron chi connectivity index (χ4n) is 5.39. The molecule has 43 heavy (non-hydrogen) atoms. The van der Waals surface area contributed by atoms with Crippen LogP contribution < -0.4 is 0 Å². The fourth-order valence-corrected chi connectivity index (χ4v) is 6.78. The van der Waals surface area contributed by atoms with Crippen molar-refractivity contribution in [1.29, 1.82) is 10.5 Å². The van der Waals surface area contributed by atoms with Gasteiger partial charge < -0.3 is 21.5 Å². The smallest absolute Gasteiger partial charge is 0.410 e. The van der Waals surface area contributed by atoms with Crippen LogP contribution in [0.25, 0.3) is 10.9 Å². The molecule has 2 heterocycles. The Morgan fingerprint density at radius 1 is 1.00 bits per heavy atom. The minimum atomic E-state index is -3.97. The first-order chi connectivity index (χ1) is 20.4. The molecule has 0 saturated carbocycles. The summed E-state index contributed by atoms with van der Waals surface area (Å²) in [6.45, 7) is 10.7. The Kier molecular flexibility index (Phi) is 8.75. The quantitative estimate of drug-likeness (QED) is 0.200. The molecule has 9 nitrogen and oxygen atoms in total. The number of nitrogens with zero attached hydrogens (tertiary/aromatic N) is 4. The molecule has 3 aromatic carbocycles. The summed E-state index contributed by atoms with van der Waals surface area (Å²) in [6.07, 6.45) is 1.68. The van der Waals surface area contributed by atoms with Crippen LogP contribution in [0.2, 0.25) is 0 Å². The lowest BCUT2D eigenvalue weighted by molar-refractivity contribution is 0.0274. The Hall–Kier alpha value is -4.93. The molecule has 1 atom stereocenters. The number of nitriles is 1. The van der Waals surface area contributed by atoms with Gasteiger partial charge in [0.25, 0.3) is 10.0 Å². The Labute approximate surface area is 251 Å². The predicted octanol–water partition coefficient (Wildman–Crippen LogP) is 5.90. The van der Waals surface area contributed by atoms with Crippen LogP contribution in [0.1, 0.15) is 48.7 Å². The summed E-state index contributed by atoms with van der Waals surface area (Å²) in [5.74, 6) is -0.170. The summed E-state index contributed by atoms with van der Waals surface area (Å²) in [4.78, 5) is 28.9. The van der Waals surface area contributed by atoms with Gasteiger partial charge in [-0.2, -0.15) is 5.26 Å². The van der Waals surface area contributed by atoms with Crippen LogP contribution in [0.15, 0.2) is 90.0 Å². The molecule has 0 spiro atoms. The summed E-state index contributed by atoms with van der Waals surface area (Å²) in [7, 11) is -3.97. The van der Waals surface area contributed by atoms with Gasteiger partial charge in [0, 0.05) is 30.2 Å². The van der Waals surface area contributed by atoms with E-state index in [9.17, 15) is 23.3 Å². The zero-order chi connectivity index (χ0) is 31.4. The van der Waals surface area contributed by atoms with E-state index in [0.717, 1.165) is 9.54 Å². The summed E-state index contributed by atoms with van der Waals surface area (Å²) in [6, 6.07) is 24.5. The second-order valence-corrected chi connectivity index (χ2v) is 13.2. The number of hydrogen-bond acceptors (Lipinski definition) is 7. The molecule has 1 aromatic heterocycles. The van der Waals surface area contributed by atoms with Crippen LogP contribution in [0, 0.1) is 28.6 Å². The fraction of sp³-hybridized carbons (Fsp3) is 0.273. The molecule has 220 valence electrons. The highest BCUT2D eigenvalue weighted by Crippen LogP contribution is 2.39. The van der Waals surface area contributed by atoms with Crippen LogP contribution in [0.3, 0.4) is 0 Å². The van der Waals surface area contributed by atoms with E-state index < -0.39 is 27.1 Å². The van der Waals surface area contributed by atoms with Gasteiger partial charge in [0.1, 0.15) is 11.7 Å². The molecule has 0 N–H and O–H groups in total. The second-order valence-electron chi connectivity index (χ2n) is 11.4. The molecular weight excluding hydrogens is 564 g/mol. The van der Waals surface area contributed by atoms with Gasteiger partial charge in [-0.25, -0.2) is 17.2 Å². The Morgan fingerprint density at radius 3 is 2.23 bits per heavy atom. The number of ketones is 1. The highest BCUT2D eigenvalue weighted by atomic mass is 32.2. The van der Waals surface area contributed by atoms with Crippen LogP contribution in [-0.4, -0.2) is 47.9 Å². The molecular formula is C33H31N4O5S-. The highest BCUT2D eigenvalue weighted by molar-refractivity contribution is 7.90. The molecule has 5 rings (SSSR count). The van der Waals surface area contributed by atoms with Gasteiger partial charge in [0.05, 0.1) is 21.4 Å². The summed E-state index contributed by atoms with van der Waals surface area (Å²) >= 11 is 0. The third kappa shape index (κ3) is 6.30. The Bertz CT molecular complexity index is 1820. The molecule has 0 bridgehead atoms. The number of likely N-dealkylation sites (tertiary alicyclic amines) is 1. The number of fused-ring (bicyclic) bond motifs is 1. The highest BCUT2D eigenvalue weighted by Gasteiger charge is 2.47. The van der Waals surface area contributed by atoms with Gasteiger partial charge in [0.15, 0.2) is 5.78 Å². The van der Waals surface area contributed by atoms with Crippen LogP contribution >= 0.6 is 0 Å². The first-order valence-corrected chi connectivity index (χ1v) is 15.0. The molecule has 1 fully saturated rings. The number of amides is 1. The topological polar surface area (TPSA) is 133 Å². The molecule has 0 radical (unpaired) electrons. The van der Waals surface area contributed by atoms with Crippen molar-refractivity contribution in [2.45, 2.75) is 44.1 Å². The van der Waals surface area contributed by atoms with Gasteiger partial charge in [-0.3, -0.25) is 4.79 Å². The third-order valence-corrected chi connectivity index (χ3v) is 9.01. The van der Waals surface area contributed by atoms with E-state index in [1.807, 2.05) is 30.3 Å². The average Bonchev–Trinajstić information content (AvgIpc) is 3.60. The van der Waals surface area contributed by atoms with Crippen molar-refractivity contribution in [3.63, 3.8) is 0 Å². The van der Waals surface area contributed by atoms with Crippen molar-refractivity contribution in [3.05, 3.63) is 108 Å². The number of carbonyl (C=O) groups is 2. The lowest BCUT2D eigenvalue weighted by atomic mass is 9.74. The Morgan fingerprint density at radius 2 is 1.63 bits per heavy atom. The van der Waals surface area contributed by atoms with Crippen molar-refractivity contribution >= 4 is 32.8 Å². The number of rotatable bonds is 6. The van der Waals surface area contributed by atoms with E-state index in [1.165, 1.54) is 18.3 Å². The van der Waals surface area contributed by atoms with Crippen molar-refractivity contribution in [2.24, 2.45) is 5.41 Å². The zero-order valence-electron chi connectivity index (χ0n) is 24.1. The zero-order valence-corrected chi connectivity index (χ0v) is 25.0. The molecule has 1 amide bonds. The third-order valence-electron chi connectivity index (χ3n) is 7.33. The van der Waals surface area contributed by atoms with E-state index in [4.69, 9.17) is 16.6 Å². The van der Waals surface area contributed by atoms with Crippen molar-refractivity contribution in [1.82, 2.24) is 8.87 Å². The first-order valence-electron chi connectivity index (χ1n) is 13.6. The number of Topliss-reactive ketones (excluding diaryl/α,β-unsaturated/α-hetero) is 1. The largest absolute Gasteiger partial charge is 0.512 e. The lowest BCUT2D eigenvalue weighted by Gasteiger charge is -2.29. The number of ether oxygens (including phenoxy) is 1. The number of benzene rings is 3. The molecule has 1 aliphatic rings. The number of carbonyl (C=O) groups excluding carboxylic acids is 2. The van der Waals surface area contributed by atoms with Gasteiger partial charge in [0.2, 0.25) is 0 Å². The van der Waals surface area contributed by atoms with Gasteiger partial charge in [-0.05, 0) is 69.5 Å². The molecule has 1 unspecified atom stereocenters. The van der Waals surface area contributed by atoms with E-state index in [1.54, 1.807) is 62.1 Å². The SMILES string of the molecule is CC(C)(C)OC(=O)N1CCC(Cc2ccccc2)(C(=O)c2ccc3c(c2)c(C#N)cn3S(=O)(=O)c2ccccc2)C1.[C-]#N. The van der Waals surface area contributed by atoms with Gasteiger partial charge in [-0.15, -0.1) is 0 Å². The average molecular weight is 596 g/mol. The minimum absolute atomic E-state index is 0.0940. The van der Waals surface area contributed by atoms with Gasteiger partial charge in [-0.1, -0.05) is 48.5 Å². The van der Waals surface area contributed by atoms with E-state index in [2.05, 4.69) is 6.07 Å². The summed E-state index contributed by atoms with van der Waals surface area (Å²) in [5, 5.41) is 16.5. The first kappa shape index (κ1) is 31.0. The standard InChI is InChI=1S/C32H31N3O5S.CN/c1-31(2,3)40-30(37)34-17-16-32(22-34,19-23-10-6-4-7-11-23)29(36)24-14-15-28-27(18-24)25(20-33)21-35(28)41(38,39)26-12-8-5-9-13-26;1-2/h4-15,18,21H,16-17,19,22H2,1-3H3;/q;-1. The monoisotopic (exact) mass is 595 g/mol.